The van der Waals surface area contributed by atoms with Gasteiger partial charge in [0.15, 0.2) is 11.6 Å². The van der Waals surface area contributed by atoms with Gasteiger partial charge < -0.3 is 10.4 Å². The number of hydrogen-bond donors (Lipinski definition) is 2. The largest absolute Gasteiger partial charge is 0.387 e. The monoisotopic (exact) mass is 389 g/mol. The normalized spacial score (nSPS) is 12.6. The van der Waals surface area contributed by atoms with E-state index in [0.717, 1.165) is 26.9 Å². The highest BCUT2D eigenvalue weighted by Gasteiger charge is 2.16. The molecule has 0 saturated carbocycles. The number of carbonyl (C=O) groups excluding carboxylic acids is 1. The Morgan fingerprint density at radius 2 is 1.85 bits per heavy atom. The van der Waals surface area contributed by atoms with Gasteiger partial charge in [0.1, 0.15) is 0 Å². The Bertz CT molecular complexity index is 1120. The van der Waals surface area contributed by atoms with Gasteiger partial charge in [0, 0.05) is 21.3 Å². The lowest BCUT2D eigenvalue weighted by atomic mass is 10.1. The maximum Gasteiger partial charge on any atom is 0.261 e. The molecule has 2 heterocycles. The van der Waals surface area contributed by atoms with Crippen molar-refractivity contribution in [3.63, 3.8) is 0 Å². The molecule has 0 spiro atoms. The van der Waals surface area contributed by atoms with Crippen LogP contribution in [-0.4, -0.2) is 17.6 Å². The summed E-state index contributed by atoms with van der Waals surface area (Å²) >= 11 is 3.03. The Morgan fingerprint density at radius 1 is 1.04 bits per heavy atom. The molecule has 0 saturated heterocycles. The molecule has 1 unspecified atom stereocenters. The first kappa shape index (κ1) is 17.1. The van der Waals surface area contributed by atoms with Gasteiger partial charge in [0.05, 0.1) is 15.7 Å². The van der Waals surface area contributed by atoms with E-state index in [4.69, 9.17) is 0 Å². The van der Waals surface area contributed by atoms with Crippen LogP contribution in [0.3, 0.4) is 0 Å². The van der Waals surface area contributed by atoms with Crippen LogP contribution in [0, 0.1) is 11.6 Å². The average molecular weight is 389 g/mol. The number of aliphatic hydroxyl groups excluding tert-OH is 1. The van der Waals surface area contributed by atoms with Crippen molar-refractivity contribution in [2.24, 2.45) is 0 Å². The second-order valence-corrected chi connectivity index (χ2v) is 7.94. The number of halogens is 2. The first-order valence-electron chi connectivity index (χ1n) is 7.85. The highest BCUT2D eigenvalue weighted by atomic mass is 32.1. The summed E-state index contributed by atoms with van der Waals surface area (Å²) in [5, 5.41) is 13.8. The molecule has 0 fully saturated rings. The summed E-state index contributed by atoms with van der Waals surface area (Å²) in [5.41, 5.74) is 0.211. The zero-order valence-electron chi connectivity index (χ0n) is 13.3. The van der Waals surface area contributed by atoms with E-state index in [9.17, 15) is 18.7 Å². The van der Waals surface area contributed by atoms with Crippen LogP contribution >= 0.6 is 22.7 Å². The van der Waals surface area contributed by atoms with E-state index < -0.39 is 17.7 Å². The first-order chi connectivity index (χ1) is 12.5. The zero-order valence-corrected chi connectivity index (χ0v) is 15.0. The second kappa shape index (κ2) is 6.75. The van der Waals surface area contributed by atoms with Crippen molar-refractivity contribution in [2.45, 2.75) is 6.10 Å². The summed E-state index contributed by atoms with van der Waals surface area (Å²) in [7, 11) is 0. The fourth-order valence-corrected chi connectivity index (χ4v) is 5.17. The van der Waals surface area contributed by atoms with E-state index in [-0.39, 0.29) is 18.0 Å². The summed E-state index contributed by atoms with van der Waals surface area (Å²) < 4.78 is 29.5. The molecule has 0 bridgehead atoms. The number of thiophene rings is 2. The lowest BCUT2D eigenvalue weighted by molar-refractivity contribution is 0.0920. The van der Waals surface area contributed by atoms with Crippen LogP contribution in [0.4, 0.5) is 8.78 Å². The summed E-state index contributed by atoms with van der Waals surface area (Å²) in [6.07, 6.45) is -1.11. The summed E-state index contributed by atoms with van der Waals surface area (Å²) in [6, 6.07) is 13.0. The molecule has 0 aliphatic carbocycles. The number of benzene rings is 2. The molecule has 2 N–H and O–H groups in total. The fraction of sp³-hybridized carbons (Fsp3) is 0.105. The molecule has 132 valence electrons. The molecule has 4 rings (SSSR count). The summed E-state index contributed by atoms with van der Waals surface area (Å²) in [5.74, 6) is -2.31. The molecule has 0 radical (unpaired) electrons. The summed E-state index contributed by atoms with van der Waals surface area (Å²) in [4.78, 5) is 12.9. The minimum Gasteiger partial charge on any atom is -0.387 e. The average Bonchev–Trinajstić information content (AvgIpc) is 3.19. The van der Waals surface area contributed by atoms with E-state index in [1.54, 1.807) is 11.3 Å². The van der Waals surface area contributed by atoms with Gasteiger partial charge in [-0.1, -0.05) is 24.3 Å². The third kappa shape index (κ3) is 3.09. The van der Waals surface area contributed by atoms with Crippen molar-refractivity contribution in [3.8, 4) is 0 Å². The second-order valence-electron chi connectivity index (χ2n) is 5.80. The lowest BCUT2D eigenvalue weighted by Gasteiger charge is -2.12. The maximum absolute atomic E-state index is 13.2. The van der Waals surface area contributed by atoms with Gasteiger partial charge in [-0.25, -0.2) is 8.78 Å². The van der Waals surface area contributed by atoms with Crippen molar-refractivity contribution in [1.29, 1.82) is 0 Å². The lowest BCUT2D eigenvalue weighted by Crippen LogP contribution is -2.27. The molecule has 2 aromatic heterocycles. The molecule has 4 aromatic rings. The van der Waals surface area contributed by atoms with Crippen LogP contribution in [0.25, 0.3) is 19.5 Å². The summed E-state index contributed by atoms with van der Waals surface area (Å²) in [6.45, 7) is -0.0871. The minimum absolute atomic E-state index is 0.0871. The van der Waals surface area contributed by atoms with Gasteiger partial charge in [-0.15, -0.1) is 22.7 Å². The van der Waals surface area contributed by atoms with Gasteiger partial charge in [-0.2, -0.15) is 0 Å². The molecule has 0 aliphatic heterocycles. The number of amides is 1. The van der Waals surface area contributed by atoms with Gasteiger partial charge in [-0.05, 0) is 29.8 Å². The quantitative estimate of drug-likeness (QED) is 0.524. The Kier molecular flexibility index (Phi) is 4.44. The van der Waals surface area contributed by atoms with Crippen LogP contribution in [0.5, 0.6) is 0 Å². The SMILES string of the molecule is O=C(NCC(O)c1ccc(F)c(F)c1)c1cc2sc3ccccc3c2s1. The predicted molar refractivity (Wildman–Crippen MR) is 101 cm³/mol. The van der Waals surface area contributed by atoms with Gasteiger partial charge in [0.2, 0.25) is 0 Å². The molecule has 0 aliphatic rings. The number of carbonyl (C=O) groups is 1. The smallest absolute Gasteiger partial charge is 0.261 e. The van der Waals surface area contributed by atoms with Gasteiger partial charge >= 0.3 is 0 Å². The van der Waals surface area contributed by atoms with E-state index in [1.165, 1.54) is 22.1 Å². The Balaban J connectivity index is 1.49. The van der Waals surface area contributed by atoms with E-state index in [0.29, 0.717) is 4.88 Å². The standard InChI is InChI=1S/C19H13F2NO2S2/c20-12-6-5-10(7-13(12)21)14(23)9-22-19(24)17-8-16-18(26-17)11-3-1-2-4-15(11)25-16/h1-8,14,23H,9H2,(H,22,24). The molecular weight excluding hydrogens is 376 g/mol. The number of fused-ring (bicyclic) bond motifs is 3. The topological polar surface area (TPSA) is 49.3 Å². The molecular formula is C19H13F2NO2S2. The molecule has 26 heavy (non-hydrogen) atoms. The third-order valence-corrected chi connectivity index (χ3v) is 6.47. The van der Waals surface area contributed by atoms with E-state index in [2.05, 4.69) is 5.32 Å². The number of nitrogens with one attached hydrogen (secondary N) is 1. The molecule has 2 aromatic carbocycles. The molecule has 3 nitrogen and oxygen atoms in total. The van der Waals surface area contributed by atoms with E-state index in [1.807, 2.05) is 30.3 Å². The van der Waals surface area contributed by atoms with Crippen molar-refractivity contribution in [1.82, 2.24) is 5.32 Å². The molecule has 7 heteroatoms. The van der Waals surface area contributed by atoms with Gasteiger partial charge in [-0.3, -0.25) is 4.79 Å². The Hall–Kier alpha value is -2.35. The number of rotatable bonds is 4. The van der Waals surface area contributed by atoms with Crippen molar-refractivity contribution in [2.75, 3.05) is 6.54 Å². The van der Waals surface area contributed by atoms with Crippen LogP contribution in [0.2, 0.25) is 0 Å². The zero-order chi connectivity index (χ0) is 18.3. The molecule has 1 atom stereocenters. The molecule has 1 amide bonds. The highest BCUT2D eigenvalue weighted by Crippen LogP contribution is 2.39. The van der Waals surface area contributed by atoms with Crippen molar-refractivity contribution >= 4 is 48.1 Å². The predicted octanol–water partition coefficient (Wildman–Crippen LogP) is 4.86. The Labute approximate surface area is 155 Å². The van der Waals surface area contributed by atoms with Gasteiger partial charge in [0.25, 0.3) is 5.91 Å². The minimum atomic E-state index is -1.11. The maximum atomic E-state index is 13.2. The Morgan fingerprint density at radius 3 is 2.65 bits per heavy atom. The number of hydrogen-bond acceptors (Lipinski definition) is 4. The van der Waals surface area contributed by atoms with E-state index >= 15 is 0 Å². The van der Waals surface area contributed by atoms with Crippen LogP contribution in [0.15, 0.2) is 48.5 Å². The highest BCUT2D eigenvalue weighted by molar-refractivity contribution is 7.33. The van der Waals surface area contributed by atoms with Crippen LogP contribution in [0.1, 0.15) is 21.3 Å². The van der Waals surface area contributed by atoms with Crippen molar-refractivity contribution in [3.05, 3.63) is 70.6 Å². The van der Waals surface area contributed by atoms with Crippen LogP contribution in [-0.2, 0) is 0 Å². The van der Waals surface area contributed by atoms with Crippen LogP contribution < -0.4 is 5.32 Å². The van der Waals surface area contributed by atoms with Crippen molar-refractivity contribution < 1.29 is 18.7 Å². The number of aliphatic hydroxyl groups is 1. The fourth-order valence-electron chi connectivity index (χ4n) is 2.73. The first-order valence-corrected chi connectivity index (χ1v) is 9.48. The third-order valence-electron chi connectivity index (χ3n) is 4.06.